The SMILES string of the molecule is O=C(O)c1cnc2c(c1)n(CCO)c(=O)n2C1CCCCC1. The van der Waals surface area contributed by atoms with Crippen molar-refractivity contribution in [2.45, 2.75) is 44.7 Å². The summed E-state index contributed by atoms with van der Waals surface area (Å²) in [5.74, 6) is -1.08. The van der Waals surface area contributed by atoms with Gasteiger partial charge in [0.05, 0.1) is 24.2 Å². The van der Waals surface area contributed by atoms with Crippen LogP contribution in [-0.2, 0) is 6.54 Å². The molecule has 1 saturated carbocycles. The molecule has 1 fully saturated rings. The minimum absolute atomic E-state index is 0.0417. The third-order valence-corrected chi connectivity index (χ3v) is 4.31. The second-order valence-electron chi connectivity index (χ2n) is 5.69. The molecule has 0 unspecified atom stereocenters. The van der Waals surface area contributed by atoms with Crippen LogP contribution in [0.5, 0.6) is 0 Å². The number of fused-ring (bicyclic) bond motifs is 1. The summed E-state index contributed by atoms with van der Waals surface area (Å²) < 4.78 is 3.10. The van der Waals surface area contributed by atoms with E-state index in [0.717, 1.165) is 25.7 Å². The lowest BCUT2D eigenvalue weighted by Gasteiger charge is -2.22. The van der Waals surface area contributed by atoms with Gasteiger partial charge in [0.15, 0.2) is 5.65 Å². The lowest BCUT2D eigenvalue weighted by Crippen LogP contribution is -2.29. The molecular weight excluding hydrogens is 286 g/mol. The largest absolute Gasteiger partial charge is 0.478 e. The normalized spacial score (nSPS) is 16.2. The first-order valence-corrected chi connectivity index (χ1v) is 7.58. The summed E-state index contributed by atoms with van der Waals surface area (Å²) in [6.07, 6.45) is 6.48. The number of aromatic carboxylic acids is 1. The molecule has 0 bridgehead atoms. The van der Waals surface area contributed by atoms with Crippen LogP contribution in [0.3, 0.4) is 0 Å². The Kier molecular flexibility index (Phi) is 3.98. The third kappa shape index (κ3) is 2.41. The second kappa shape index (κ2) is 5.92. The molecule has 1 aliphatic rings. The number of hydrogen-bond donors (Lipinski definition) is 2. The van der Waals surface area contributed by atoms with Crippen molar-refractivity contribution < 1.29 is 15.0 Å². The summed E-state index contributed by atoms with van der Waals surface area (Å²) in [5, 5.41) is 18.3. The number of aliphatic hydroxyl groups is 1. The summed E-state index contributed by atoms with van der Waals surface area (Å²) in [6, 6.07) is 1.56. The van der Waals surface area contributed by atoms with Gasteiger partial charge in [-0.05, 0) is 18.9 Å². The van der Waals surface area contributed by atoms with Gasteiger partial charge in [-0.2, -0.15) is 0 Å². The zero-order valence-electron chi connectivity index (χ0n) is 12.2. The average molecular weight is 305 g/mol. The lowest BCUT2D eigenvalue weighted by molar-refractivity contribution is 0.0696. The Morgan fingerprint density at radius 2 is 2.05 bits per heavy atom. The maximum Gasteiger partial charge on any atom is 0.337 e. The quantitative estimate of drug-likeness (QED) is 0.889. The number of rotatable bonds is 4. The van der Waals surface area contributed by atoms with Crippen molar-refractivity contribution in [3.8, 4) is 0 Å². The van der Waals surface area contributed by atoms with E-state index >= 15 is 0 Å². The van der Waals surface area contributed by atoms with Crippen LogP contribution in [0.2, 0.25) is 0 Å². The smallest absolute Gasteiger partial charge is 0.337 e. The molecule has 2 aromatic rings. The van der Waals surface area contributed by atoms with E-state index < -0.39 is 5.97 Å². The van der Waals surface area contributed by atoms with E-state index in [1.54, 1.807) is 4.57 Å². The summed E-state index contributed by atoms with van der Waals surface area (Å²) in [5.41, 5.74) is 0.811. The Labute approximate surface area is 126 Å². The molecule has 0 radical (unpaired) electrons. The summed E-state index contributed by atoms with van der Waals surface area (Å²) in [6.45, 7) is -0.0409. The molecule has 0 aliphatic heterocycles. The first kappa shape index (κ1) is 14.8. The summed E-state index contributed by atoms with van der Waals surface area (Å²) in [4.78, 5) is 28.0. The lowest BCUT2D eigenvalue weighted by atomic mass is 9.95. The highest BCUT2D eigenvalue weighted by Gasteiger charge is 2.23. The minimum Gasteiger partial charge on any atom is -0.478 e. The van der Waals surface area contributed by atoms with Crippen LogP contribution in [0.1, 0.15) is 48.5 Å². The Morgan fingerprint density at radius 1 is 1.32 bits per heavy atom. The first-order chi connectivity index (χ1) is 10.6. The van der Waals surface area contributed by atoms with Crippen LogP contribution in [0, 0.1) is 0 Å². The average Bonchev–Trinajstić information content (AvgIpc) is 2.80. The van der Waals surface area contributed by atoms with Gasteiger partial charge in [0.25, 0.3) is 0 Å². The van der Waals surface area contributed by atoms with Gasteiger partial charge in [-0.25, -0.2) is 14.6 Å². The van der Waals surface area contributed by atoms with Crippen LogP contribution in [-0.4, -0.2) is 36.9 Å². The summed E-state index contributed by atoms with van der Waals surface area (Å²) in [7, 11) is 0. The van der Waals surface area contributed by atoms with Crippen molar-refractivity contribution >= 4 is 17.1 Å². The van der Waals surface area contributed by atoms with E-state index in [9.17, 15) is 14.7 Å². The van der Waals surface area contributed by atoms with E-state index in [-0.39, 0.29) is 30.4 Å². The molecule has 22 heavy (non-hydrogen) atoms. The highest BCUT2D eigenvalue weighted by Crippen LogP contribution is 2.29. The van der Waals surface area contributed by atoms with Gasteiger partial charge >= 0.3 is 11.7 Å². The number of aliphatic hydroxyl groups excluding tert-OH is 1. The Morgan fingerprint density at radius 3 is 2.68 bits per heavy atom. The molecule has 1 aliphatic carbocycles. The number of carboxylic acid groups (broad SMARTS) is 1. The van der Waals surface area contributed by atoms with Crippen molar-refractivity contribution in [1.29, 1.82) is 0 Å². The highest BCUT2D eigenvalue weighted by atomic mass is 16.4. The maximum atomic E-state index is 12.7. The Hall–Kier alpha value is -2.15. The molecule has 0 atom stereocenters. The predicted molar refractivity (Wildman–Crippen MR) is 80.2 cm³/mol. The van der Waals surface area contributed by atoms with Crippen LogP contribution < -0.4 is 5.69 Å². The zero-order chi connectivity index (χ0) is 15.7. The van der Waals surface area contributed by atoms with Gasteiger partial charge in [-0.15, -0.1) is 0 Å². The van der Waals surface area contributed by atoms with Gasteiger partial charge < -0.3 is 10.2 Å². The number of imidazole rings is 1. The second-order valence-corrected chi connectivity index (χ2v) is 5.69. The molecule has 118 valence electrons. The van der Waals surface area contributed by atoms with Crippen LogP contribution in [0.15, 0.2) is 17.1 Å². The van der Waals surface area contributed by atoms with Crippen molar-refractivity contribution in [3.05, 3.63) is 28.3 Å². The van der Waals surface area contributed by atoms with Gasteiger partial charge in [0.2, 0.25) is 0 Å². The van der Waals surface area contributed by atoms with E-state index in [2.05, 4.69) is 4.98 Å². The molecule has 3 rings (SSSR count). The standard InChI is InChI=1S/C15H19N3O4/c19-7-6-17-12-8-10(14(20)21)9-16-13(12)18(15(17)22)11-4-2-1-3-5-11/h8-9,11,19H,1-7H2,(H,20,21). The van der Waals surface area contributed by atoms with Crippen molar-refractivity contribution in [2.24, 2.45) is 0 Å². The van der Waals surface area contributed by atoms with Gasteiger partial charge in [-0.3, -0.25) is 9.13 Å². The maximum absolute atomic E-state index is 12.7. The fourth-order valence-electron chi connectivity index (χ4n) is 3.26. The summed E-state index contributed by atoms with van der Waals surface area (Å²) >= 11 is 0. The fourth-order valence-corrected chi connectivity index (χ4v) is 3.26. The predicted octanol–water partition coefficient (Wildman–Crippen LogP) is 1.39. The number of nitrogens with zero attached hydrogens (tertiary/aromatic N) is 3. The molecule has 2 aromatic heterocycles. The molecular formula is C15H19N3O4. The molecule has 0 spiro atoms. The van der Waals surface area contributed by atoms with E-state index in [4.69, 9.17) is 5.11 Å². The van der Waals surface area contributed by atoms with Crippen LogP contribution >= 0.6 is 0 Å². The van der Waals surface area contributed by atoms with Crippen LogP contribution in [0.4, 0.5) is 0 Å². The number of carbonyl (C=O) groups is 1. The van der Waals surface area contributed by atoms with Gasteiger partial charge in [0, 0.05) is 12.2 Å². The van der Waals surface area contributed by atoms with E-state index in [1.807, 2.05) is 0 Å². The Balaban J connectivity index is 2.21. The van der Waals surface area contributed by atoms with Crippen molar-refractivity contribution in [2.75, 3.05) is 6.61 Å². The number of carboxylic acids is 1. The fraction of sp³-hybridized carbons (Fsp3) is 0.533. The highest BCUT2D eigenvalue weighted by molar-refractivity contribution is 5.91. The zero-order valence-corrected chi connectivity index (χ0v) is 12.2. The molecule has 0 amide bonds. The topological polar surface area (TPSA) is 97.3 Å². The Bertz CT molecular complexity index is 756. The third-order valence-electron chi connectivity index (χ3n) is 4.31. The molecule has 2 heterocycles. The molecule has 0 saturated heterocycles. The number of hydrogen-bond acceptors (Lipinski definition) is 4. The molecule has 2 N–H and O–H groups in total. The minimum atomic E-state index is -1.08. The first-order valence-electron chi connectivity index (χ1n) is 7.58. The van der Waals surface area contributed by atoms with Crippen LogP contribution in [0.25, 0.3) is 11.2 Å². The number of aromatic nitrogens is 3. The van der Waals surface area contributed by atoms with E-state index in [0.29, 0.717) is 11.2 Å². The van der Waals surface area contributed by atoms with Crippen molar-refractivity contribution in [3.63, 3.8) is 0 Å². The van der Waals surface area contributed by atoms with Crippen molar-refractivity contribution in [1.82, 2.24) is 14.1 Å². The van der Waals surface area contributed by atoms with Gasteiger partial charge in [-0.1, -0.05) is 19.3 Å². The monoisotopic (exact) mass is 305 g/mol. The van der Waals surface area contributed by atoms with Gasteiger partial charge in [0.1, 0.15) is 0 Å². The molecule has 7 heteroatoms. The molecule has 7 nitrogen and oxygen atoms in total. The number of pyridine rings is 1. The molecule has 0 aromatic carbocycles. The van der Waals surface area contributed by atoms with E-state index in [1.165, 1.54) is 23.3 Å².